The van der Waals surface area contributed by atoms with E-state index in [1.807, 2.05) is 13.8 Å². The van der Waals surface area contributed by atoms with Crippen molar-refractivity contribution < 1.29 is 9.59 Å². The van der Waals surface area contributed by atoms with Gasteiger partial charge in [-0.2, -0.15) is 0 Å². The number of urea groups is 1. The van der Waals surface area contributed by atoms with Crippen LogP contribution in [0.15, 0.2) is 0 Å². The third-order valence-corrected chi connectivity index (χ3v) is 2.67. The van der Waals surface area contributed by atoms with Crippen molar-refractivity contribution in [2.24, 2.45) is 0 Å². The lowest BCUT2D eigenvalue weighted by Gasteiger charge is -2.17. The molecule has 1 fully saturated rings. The molecule has 0 aromatic carbocycles. The number of hydrogen-bond acceptors (Lipinski definition) is 3. The maximum absolute atomic E-state index is 11.7. The molecule has 0 radical (unpaired) electrons. The summed E-state index contributed by atoms with van der Waals surface area (Å²) < 4.78 is 0. The average Bonchev–Trinajstić information content (AvgIpc) is 2.36. The molecule has 0 aromatic heterocycles. The summed E-state index contributed by atoms with van der Waals surface area (Å²) >= 11 is 4.14. The lowest BCUT2D eigenvalue weighted by atomic mass is 10.4. The Labute approximate surface area is 89.7 Å². The normalized spacial score (nSPS) is 22.4. The van der Waals surface area contributed by atoms with Gasteiger partial charge in [-0.05, 0) is 12.8 Å². The van der Waals surface area contributed by atoms with Crippen LogP contribution in [0.5, 0.6) is 0 Å². The van der Waals surface area contributed by atoms with Gasteiger partial charge >= 0.3 is 6.03 Å². The fourth-order valence-electron chi connectivity index (χ4n) is 1.51. The number of carbonyl (C=O) groups is 2. The summed E-state index contributed by atoms with van der Waals surface area (Å²) in [6.45, 7) is 5.01. The summed E-state index contributed by atoms with van der Waals surface area (Å²) in [4.78, 5) is 26.1. The van der Waals surface area contributed by atoms with E-state index >= 15 is 0 Å². The van der Waals surface area contributed by atoms with Gasteiger partial charge in [-0.3, -0.25) is 9.69 Å². The summed E-state index contributed by atoms with van der Waals surface area (Å²) in [6.07, 6.45) is 1.63. The molecular weight excluding hydrogens is 200 g/mol. The van der Waals surface area contributed by atoms with E-state index in [0.717, 1.165) is 12.8 Å². The Balaban J connectivity index is 2.74. The predicted octanol–water partition coefficient (Wildman–Crippen LogP) is 1.33. The van der Waals surface area contributed by atoms with E-state index in [2.05, 4.69) is 12.6 Å². The fraction of sp³-hybridized carbons (Fsp3) is 0.778. The summed E-state index contributed by atoms with van der Waals surface area (Å²) in [5.41, 5.74) is 0. The molecule has 80 valence electrons. The maximum Gasteiger partial charge on any atom is 0.328 e. The standard InChI is InChI=1S/C9H16N2O2S/c1-3-5-10-7(12)8(14)11(6-4-2)9(10)13/h8,14H,3-6H2,1-2H3. The van der Waals surface area contributed by atoms with Gasteiger partial charge < -0.3 is 4.90 Å². The number of carbonyl (C=O) groups excluding carboxylic acids is 2. The van der Waals surface area contributed by atoms with E-state index in [0.29, 0.717) is 13.1 Å². The molecule has 1 unspecified atom stereocenters. The molecule has 1 aliphatic rings. The van der Waals surface area contributed by atoms with E-state index in [4.69, 9.17) is 0 Å². The first-order valence-corrected chi connectivity index (χ1v) is 5.45. The van der Waals surface area contributed by atoms with Gasteiger partial charge in [0.15, 0.2) is 5.37 Å². The monoisotopic (exact) mass is 216 g/mol. The van der Waals surface area contributed by atoms with E-state index in [-0.39, 0.29) is 11.9 Å². The zero-order valence-corrected chi connectivity index (χ0v) is 9.46. The van der Waals surface area contributed by atoms with Gasteiger partial charge in [-0.15, -0.1) is 12.6 Å². The Hall–Kier alpha value is -0.710. The van der Waals surface area contributed by atoms with Gasteiger partial charge in [0.05, 0.1) is 0 Å². The first-order valence-electron chi connectivity index (χ1n) is 4.93. The Morgan fingerprint density at radius 3 is 2.29 bits per heavy atom. The molecule has 5 heteroatoms. The molecule has 4 nitrogen and oxygen atoms in total. The molecule has 0 N–H and O–H groups in total. The van der Waals surface area contributed by atoms with Crippen molar-refractivity contribution in [3.8, 4) is 0 Å². The smallest absolute Gasteiger partial charge is 0.303 e. The van der Waals surface area contributed by atoms with Crippen molar-refractivity contribution >= 4 is 24.6 Å². The third kappa shape index (κ3) is 1.87. The Kier molecular flexibility index (Phi) is 3.80. The van der Waals surface area contributed by atoms with Crippen molar-refractivity contribution in [1.82, 2.24) is 9.80 Å². The molecule has 0 aliphatic carbocycles. The molecule has 1 atom stereocenters. The third-order valence-electron chi connectivity index (χ3n) is 2.17. The number of imide groups is 1. The van der Waals surface area contributed by atoms with Crippen LogP contribution in [0.25, 0.3) is 0 Å². The number of rotatable bonds is 4. The van der Waals surface area contributed by atoms with Crippen molar-refractivity contribution in [2.45, 2.75) is 32.1 Å². The highest BCUT2D eigenvalue weighted by atomic mass is 32.1. The molecule has 0 saturated carbocycles. The quantitative estimate of drug-likeness (QED) is 0.569. The first kappa shape index (κ1) is 11.4. The van der Waals surface area contributed by atoms with Gasteiger partial charge in [-0.1, -0.05) is 13.8 Å². The van der Waals surface area contributed by atoms with Gasteiger partial charge in [-0.25, -0.2) is 4.79 Å². The molecule has 0 spiro atoms. The van der Waals surface area contributed by atoms with Crippen LogP contribution in [-0.2, 0) is 4.79 Å². The maximum atomic E-state index is 11.7. The van der Waals surface area contributed by atoms with E-state index in [1.54, 1.807) is 0 Å². The minimum atomic E-state index is -0.575. The molecule has 1 heterocycles. The molecule has 0 bridgehead atoms. The second kappa shape index (κ2) is 4.68. The zero-order chi connectivity index (χ0) is 10.7. The Morgan fingerprint density at radius 2 is 1.79 bits per heavy atom. The molecule has 1 saturated heterocycles. The molecule has 1 aliphatic heterocycles. The lowest BCUT2D eigenvalue weighted by Crippen LogP contribution is -2.34. The molecule has 0 aromatic rings. The zero-order valence-electron chi connectivity index (χ0n) is 8.56. The average molecular weight is 216 g/mol. The second-order valence-electron chi connectivity index (χ2n) is 3.34. The predicted molar refractivity (Wildman–Crippen MR) is 57.2 cm³/mol. The van der Waals surface area contributed by atoms with Crippen LogP contribution in [0.1, 0.15) is 26.7 Å². The van der Waals surface area contributed by atoms with Crippen molar-refractivity contribution in [1.29, 1.82) is 0 Å². The van der Waals surface area contributed by atoms with Crippen LogP contribution >= 0.6 is 12.6 Å². The van der Waals surface area contributed by atoms with Gasteiger partial charge in [0, 0.05) is 13.1 Å². The summed E-state index contributed by atoms with van der Waals surface area (Å²) in [5, 5.41) is -0.575. The van der Waals surface area contributed by atoms with E-state index in [9.17, 15) is 9.59 Å². The van der Waals surface area contributed by atoms with Gasteiger partial charge in [0.2, 0.25) is 0 Å². The highest BCUT2D eigenvalue weighted by Gasteiger charge is 2.41. The van der Waals surface area contributed by atoms with Crippen molar-refractivity contribution in [2.75, 3.05) is 13.1 Å². The summed E-state index contributed by atoms with van der Waals surface area (Å²) in [6, 6.07) is -0.196. The van der Waals surface area contributed by atoms with Crippen LogP contribution < -0.4 is 0 Å². The number of thiol groups is 1. The Morgan fingerprint density at radius 1 is 1.21 bits per heavy atom. The van der Waals surface area contributed by atoms with Crippen molar-refractivity contribution in [3.05, 3.63) is 0 Å². The Bertz CT molecular complexity index is 245. The van der Waals surface area contributed by atoms with E-state index in [1.165, 1.54) is 9.80 Å². The molecule has 1 rings (SSSR count). The summed E-state index contributed by atoms with van der Waals surface area (Å²) in [5.74, 6) is -0.186. The SMILES string of the molecule is CCCN1C(=O)C(S)N(CCC)C1=O. The number of hydrogen-bond donors (Lipinski definition) is 1. The molecule has 3 amide bonds. The van der Waals surface area contributed by atoms with Crippen LogP contribution in [-0.4, -0.2) is 40.2 Å². The van der Waals surface area contributed by atoms with Crippen LogP contribution in [0.2, 0.25) is 0 Å². The highest BCUT2D eigenvalue weighted by molar-refractivity contribution is 7.81. The topological polar surface area (TPSA) is 40.6 Å². The molecular formula is C9H16N2O2S. The van der Waals surface area contributed by atoms with Crippen LogP contribution in [0.4, 0.5) is 4.79 Å². The van der Waals surface area contributed by atoms with Crippen LogP contribution in [0, 0.1) is 0 Å². The lowest BCUT2D eigenvalue weighted by molar-refractivity contribution is -0.126. The number of nitrogens with zero attached hydrogens (tertiary/aromatic N) is 2. The van der Waals surface area contributed by atoms with Crippen molar-refractivity contribution in [3.63, 3.8) is 0 Å². The first-order chi connectivity index (χ1) is 6.63. The van der Waals surface area contributed by atoms with E-state index < -0.39 is 5.37 Å². The minimum absolute atomic E-state index is 0.186. The largest absolute Gasteiger partial charge is 0.328 e. The minimum Gasteiger partial charge on any atom is -0.303 e. The summed E-state index contributed by atoms with van der Waals surface area (Å²) in [7, 11) is 0. The molecule has 14 heavy (non-hydrogen) atoms. The number of amides is 3. The van der Waals surface area contributed by atoms with Crippen LogP contribution in [0.3, 0.4) is 0 Å². The second-order valence-corrected chi connectivity index (χ2v) is 3.83. The van der Waals surface area contributed by atoms with Gasteiger partial charge in [0.1, 0.15) is 0 Å². The van der Waals surface area contributed by atoms with Gasteiger partial charge in [0.25, 0.3) is 5.91 Å². The highest BCUT2D eigenvalue weighted by Crippen LogP contribution is 2.20. The fourth-order valence-corrected chi connectivity index (χ4v) is 1.87.